The third-order valence-corrected chi connectivity index (χ3v) is 5.14. The summed E-state index contributed by atoms with van der Waals surface area (Å²) < 4.78 is 19.7. The minimum absolute atomic E-state index is 0.0554. The van der Waals surface area contributed by atoms with Gasteiger partial charge in [-0.1, -0.05) is 0 Å². The molecular weight excluding hydrogens is 405 g/mol. The van der Waals surface area contributed by atoms with Crippen LogP contribution in [0.25, 0.3) is 5.69 Å². The molecule has 31 heavy (non-hydrogen) atoms. The monoisotopic (exact) mass is 431 g/mol. The van der Waals surface area contributed by atoms with E-state index in [1.54, 1.807) is 18.7 Å². The summed E-state index contributed by atoms with van der Waals surface area (Å²) in [5, 5.41) is 4.21. The molecule has 3 rings (SSSR count). The SMILES string of the molecule is CCOC(=O)C1CCCN(C(=O)CN(C)C(=O)c2nc(C)n(-c3ccc(F)cc3)n2)C1. The molecule has 1 unspecified atom stereocenters. The van der Waals surface area contributed by atoms with Crippen LogP contribution in [0.5, 0.6) is 0 Å². The van der Waals surface area contributed by atoms with E-state index in [1.807, 2.05) is 0 Å². The molecule has 1 atom stereocenters. The standard InChI is InChI=1S/C21H26FN5O4/c1-4-31-21(30)15-6-5-11-26(12-15)18(28)13-25(3)20(29)19-23-14(2)27(24-19)17-9-7-16(22)8-10-17/h7-10,15H,4-6,11-13H2,1-3H3. The number of carbonyl (C=O) groups excluding carboxylic acids is 3. The van der Waals surface area contributed by atoms with Crippen molar-refractivity contribution in [3.63, 3.8) is 0 Å². The van der Waals surface area contributed by atoms with Gasteiger partial charge in [-0.3, -0.25) is 14.4 Å². The van der Waals surface area contributed by atoms with Crippen LogP contribution in [0, 0.1) is 18.7 Å². The Labute approximate surface area is 179 Å². The molecule has 166 valence electrons. The van der Waals surface area contributed by atoms with Gasteiger partial charge in [-0.05, 0) is 51.0 Å². The normalized spacial score (nSPS) is 16.1. The van der Waals surface area contributed by atoms with Crippen molar-refractivity contribution >= 4 is 17.8 Å². The molecule has 9 nitrogen and oxygen atoms in total. The summed E-state index contributed by atoms with van der Waals surface area (Å²) in [7, 11) is 1.50. The lowest BCUT2D eigenvalue weighted by atomic mass is 9.98. The van der Waals surface area contributed by atoms with E-state index in [0.29, 0.717) is 37.5 Å². The van der Waals surface area contributed by atoms with E-state index >= 15 is 0 Å². The van der Waals surface area contributed by atoms with Crippen LogP contribution < -0.4 is 0 Å². The first-order valence-corrected chi connectivity index (χ1v) is 10.2. The van der Waals surface area contributed by atoms with E-state index in [-0.39, 0.29) is 42.5 Å². The van der Waals surface area contributed by atoms with Gasteiger partial charge in [0.2, 0.25) is 11.7 Å². The molecule has 1 aromatic heterocycles. The minimum Gasteiger partial charge on any atom is -0.466 e. The first-order chi connectivity index (χ1) is 14.8. The Bertz CT molecular complexity index is 959. The number of esters is 1. The Balaban J connectivity index is 1.64. The van der Waals surface area contributed by atoms with E-state index in [9.17, 15) is 18.8 Å². The fourth-order valence-electron chi connectivity index (χ4n) is 3.51. The Morgan fingerprint density at radius 3 is 2.65 bits per heavy atom. The molecule has 2 amide bonds. The van der Waals surface area contributed by atoms with Crippen molar-refractivity contribution in [3.8, 4) is 5.69 Å². The average Bonchev–Trinajstić information content (AvgIpc) is 3.15. The summed E-state index contributed by atoms with van der Waals surface area (Å²) >= 11 is 0. The summed E-state index contributed by atoms with van der Waals surface area (Å²) in [6.45, 7) is 4.40. The number of benzene rings is 1. The first kappa shape index (κ1) is 22.4. The number of halogens is 1. The van der Waals surface area contributed by atoms with Gasteiger partial charge in [0.1, 0.15) is 11.6 Å². The van der Waals surface area contributed by atoms with Crippen LogP contribution in [-0.2, 0) is 14.3 Å². The van der Waals surface area contributed by atoms with Gasteiger partial charge in [-0.2, -0.15) is 0 Å². The lowest BCUT2D eigenvalue weighted by Crippen LogP contribution is -2.47. The minimum atomic E-state index is -0.503. The molecule has 0 spiro atoms. The lowest BCUT2D eigenvalue weighted by molar-refractivity contribution is -0.151. The van der Waals surface area contributed by atoms with Crippen molar-refractivity contribution in [1.82, 2.24) is 24.6 Å². The van der Waals surface area contributed by atoms with Crippen LogP contribution in [0.1, 0.15) is 36.2 Å². The van der Waals surface area contributed by atoms with Crippen LogP contribution in [-0.4, -0.2) is 75.6 Å². The largest absolute Gasteiger partial charge is 0.466 e. The maximum atomic E-state index is 13.2. The van der Waals surface area contributed by atoms with Crippen molar-refractivity contribution in [2.24, 2.45) is 5.92 Å². The molecule has 1 aliphatic rings. The number of piperidine rings is 1. The summed E-state index contributed by atoms with van der Waals surface area (Å²) in [6.07, 6.45) is 1.39. The summed E-state index contributed by atoms with van der Waals surface area (Å²) in [4.78, 5) is 44.5. The van der Waals surface area contributed by atoms with Crippen molar-refractivity contribution in [2.45, 2.75) is 26.7 Å². The van der Waals surface area contributed by atoms with Crippen molar-refractivity contribution < 1.29 is 23.5 Å². The molecule has 0 N–H and O–H groups in total. The molecule has 0 aliphatic carbocycles. The van der Waals surface area contributed by atoms with E-state index in [1.165, 1.54) is 40.9 Å². The Kier molecular flexibility index (Phi) is 6.98. The predicted molar refractivity (Wildman–Crippen MR) is 109 cm³/mol. The fraction of sp³-hybridized carbons (Fsp3) is 0.476. The smallest absolute Gasteiger partial charge is 0.310 e. The van der Waals surface area contributed by atoms with Crippen LogP contribution in [0.15, 0.2) is 24.3 Å². The number of rotatable bonds is 6. The van der Waals surface area contributed by atoms with Crippen molar-refractivity contribution in [3.05, 3.63) is 41.7 Å². The molecule has 0 bridgehead atoms. The predicted octanol–water partition coefficient (Wildman–Crippen LogP) is 1.59. The number of ether oxygens (including phenoxy) is 1. The molecule has 1 aromatic carbocycles. The van der Waals surface area contributed by atoms with Crippen LogP contribution in [0.4, 0.5) is 4.39 Å². The van der Waals surface area contributed by atoms with Gasteiger partial charge in [0, 0.05) is 20.1 Å². The van der Waals surface area contributed by atoms with Gasteiger partial charge >= 0.3 is 5.97 Å². The second-order valence-electron chi connectivity index (χ2n) is 7.46. The third-order valence-electron chi connectivity index (χ3n) is 5.14. The van der Waals surface area contributed by atoms with Gasteiger partial charge in [0.05, 0.1) is 24.8 Å². The van der Waals surface area contributed by atoms with E-state index in [0.717, 1.165) is 0 Å². The first-order valence-electron chi connectivity index (χ1n) is 10.2. The molecule has 0 saturated carbocycles. The molecule has 1 aliphatic heterocycles. The summed E-state index contributed by atoms with van der Waals surface area (Å²) in [5.74, 6) is -1.36. The molecule has 1 saturated heterocycles. The van der Waals surface area contributed by atoms with Crippen LogP contribution >= 0.6 is 0 Å². The number of hydrogen-bond acceptors (Lipinski definition) is 6. The average molecular weight is 431 g/mol. The summed E-state index contributed by atoms with van der Waals surface area (Å²) in [6, 6.07) is 5.67. The number of carbonyl (C=O) groups is 3. The lowest BCUT2D eigenvalue weighted by Gasteiger charge is -2.32. The Morgan fingerprint density at radius 1 is 1.26 bits per heavy atom. The van der Waals surface area contributed by atoms with Gasteiger partial charge < -0.3 is 14.5 Å². The molecule has 2 heterocycles. The zero-order valence-corrected chi connectivity index (χ0v) is 17.9. The van der Waals surface area contributed by atoms with Gasteiger partial charge in [-0.25, -0.2) is 14.1 Å². The second-order valence-corrected chi connectivity index (χ2v) is 7.46. The maximum Gasteiger partial charge on any atom is 0.310 e. The number of aryl methyl sites for hydroxylation is 1. The van der Waals surface area contributed by atoms with Gasteiger partial charge in [0.15, 0.2) is 0 Å². The number of aromatic nitrogens is 3. The maximum absolute atomic E-state index is 13.2. The highest BCUT2D eigenvalue weighted by Gasteiger charge is 2.30. The quantitative estimate of drug-likeness (QED) is 0.645. The Hall–Kier alpha value is -3.30. The van der Waals surface area contributed by atoms with Gasteiger partial charge in [0.25, 0.3) is 5.91 Å². The van der Waals surface area contributed by atoms with Crippen LogP contribution in [0.3, 0.4) is 0 Å². The summed E-state index contributed by atoms with van der Waals surface area (Å²) in [5.41, 5.74) is 0.572. The van der Waals surface area contributed by atoms with E-state index < -0.39 is 5.91 Å². The molecule has 1 fully saturated rings. The highest BCUT2D eigenvalue weighted by atomic mass is 19.1. The molecule has 0 radical (unpaired) electrons. The van der Waals surface area contributed by atoms with Gasteiger partial charge in [-0.15, -0.1) is 5.10 Å². The third kappa shape index (κ3) is 5.25. The fourth-order valence-corrected chi connectivity index (χ4v) is 3.51. The van der Waals surface area contributed by atoms with Crippen molar-refractivity contribution in [2.75, 3.05) is 33.3 Å². The van der Waals surface area contributed by atoms with Crippen molar-refractivity contribution in [1.29, 1.82) is 0 Å². The zero-order valence-electron chi connectivity index (χ0n) is 17.9. The zero-order chi connectivity index (χ0) is 22.5. The second kappa shape index (κ2) is 9.67. The highest BCUT2D eigenvalue weighted by Crippen LogP contribution is 2.18. The van der Waals surface area contributed by atoms with Crippen LogP contribution in [0.2, 0.25) is 0 Å². The number of nitrogens with zero attached hydrogens (tertiary/aromatic N) is 5. The van der Waals surface area contributed by atoms with E-state index in [4.69, 9.17) is 4.74 Å². The molecule has 10 heteroatoms. The molecular formula is C21H26FN5O4. The number of likely N-dealkylation sites (tertiary alicyclic amines) is 1. The number of likely N-dealkylation sites (N-methyl/N-ethyl adjacent to an activating group) is 1. The van der Waals surface area contributed by atoms with E-state index in [2.05, 4.69) is 10.1 Å². The number of hydrogen-bond donors (Lipinski definition) is 0. The topological polar surface area (TPSA) is 97.6 Å². The Morgan fingerprint density at radius 2 is 1.97 bits per heavy atom. The highest BCUT2D eigenvalue weighted by molar-refractivity contribution is 5.93. The molecule has 2 aromatic rings. The number of amides is 2.